The number of aliphatic carboxylic acids is 1. The van der Waals surface area contributed by atoms with Crippen molar-refractivity contribution in [2.45, 2.75) is 64.1 Å². The molecule has 0 aromatic rings. The summed E-state index contributed by atoms with van der Waals surface area (Å²) >= 11 is 0. The molecule has 2 rings (SSSR count). The van der Waals surface area contributed by atoms with Gasteiger partial charge in [0.1, 0.15) is 6.04 Å². The molecule has 1 saturated carbocycles. The zero-order valence-corrected chi connectivity index (χ0v) is 10.6. The largest absolute Gasteiger partial charge is 0.480 e. The molecule has 1 aliphatic carbocycles. The molecule has 0 radical (unpaired) electrons. The van der Waals surface area contributed by atoms with Crippen molar-refractivity contribution in [1.29, 1.82) is 0 Å². The van der Waals surface area contributed by atoms with Crippen LogP contribution in [-0.2, 0) is 9.53 Å². The maximum Gasteiger partial charge on any atom is 0.321 e. The molecule has 0 amide bonds. The third-order valence-corrected chi connectivity index (χ3v) is 3.60. The van der Waals surface area contributed by atoms with Gasteiger partial charge in [-0.2, -0.15) is 0 Å². The van der Waals surface area contributed by atoms with Crippen LogP contribution in [0.1, 0.15) is 40.0 Å². The number of aliphatic hydroxyl groups is 1. The first-order valence-corrected chi connectivity index (χ1v) is 6.16. The van der Waals surface area contributed by atoms with Gasteiger partial charge in [0.15, 0.2) is 0 Å². The van der Waals surface area contributed by atoms with Gasteiger partial charge in [-0.25, -0.2) is 4.90 Å². The monoisotopic (exact) mass is 243 g/mol. The van der Waals surface area contributed by atoms with Gasteiger partial charge in [0.25, 0.3) is 0 Å². The van der Waals surface area contributed by atoms with E-state index in [1.54, 1.807) is 4.90 Å². The van der Waals surface area contributed by atoms with E-state index in [1.807, 2.05) is 20.8 Å². The molecule has 0 spiro atoms. The fourth-order valence-electron chi connectivity index (χ4n) is 3.04. The highest BCUT2D eigenvalue weighted by atomic mass is 16.6. The Morgan fingerprint density at radius 3 is 2.59 bits per heavy atom. The van der Waals surface area contributed by atoms with Crippen molar-refractivity contribution in [2.24, 2.45) is 5.92 Å². The molecule has 1 saturated heterocycles. The summed E-state index contributed by atoms with van der Waals surface area (Å²) in [6.07, 6.45) is 1.65. The summed E-state index contributed by atoms with van der Waals surface area (Å²) in [6, 6.07) is -0.440. The lowest BCUT2D eigenvalue weighted by atomic mass is 9.99. The van der Waals surface area contributed by atoms with Gasteiger partial charge in [-0.3, -0.25) is 4.79 Å². The van der Waals surface area contributed by atoms with E-state index >= 15 is 0 Å². The number of hydrogen-bond donors (Lipinski definition) is 2. The van der Waals surface area contributed by atoms with Gasteiger partial charge in [0.2, 0.25) is 6.41 Å². The molecule has 1 heterocycles. The first-order chi connectivity index (χ1) is 7.79. The summed E-state index contributed by atoms with van der Waals surface area (Å²) < 4.78 is 5.47. The third-order valence-electron chi connectivity index (χ3n) is 3.60. The Balaban J connectivity index is 2.10. The van der Waals surface area contributed by atoms with Crippen LogP contribution in [0.2, 0.25) is 0 Å². The average molecular weight is 243 g/mol. The summed E-state index contributed by atoms with van der Waals surface area (Å²) in [5.41, 5.74) is -0.482. The van der Waals surface area contributed by atoms with Crippen LogP contribution >= 0.6 is 0 Å². The van der Waals surface area contributed by atoms with Crippen molar-refractivity contribution < 1.29 is 19.7 Å². The van der Waals surface area contributed by atoms with Crippen molar-refractivity contribution in [3.05, 3.63) is 0 Å². The maximum atomic E-state index is 11.3. The molecule has 0 aromatic heterocycles. The number of fused-ring (bicyclic) bond motifs is 2. The van der Waals surface area contributed by atoms with E-state index in [4.69, 9.17) is 4.74 Å². The second-order valence-corrected chi connectivity index (χ2v) is 6.01. The Bertz CT molecular complexity index is 312. The molecule has 5 heteroatoms. The number of carboxylic acids is 1. The van der Waals surface area contributed by atoms with E-state index in [0.717, 1.165) is 19.3 Å². The normalized spacial score (nSPS) is 35.2. The van der Waals surface area contributed by atoms with E-state index in [2.05, 4.69) is 0 Å². The standard InChI is InChI=1S/C12H21NO4/c1-12(2,3)17-11(16)13-8-5-4-7(6-8)9(13)10(14)15/h7-9,11,16H,4-6H2,1-3H3,(H,14,15)/t7-,8+,9-,11?/m0/s1. The SMILES string of the molecule is CC(C)(C)OC(O)N1[C@@H]2CC[C@@H](C2)[C@H]1C(=O)O. The summed E-state index contributed by atoms with van der Waals surface area (Å²) in [4.78, 5) is 12.9. The van der Waals surface area contributed by atoms with Crippen molar-refractivity contribution in [2.75, 3.05) is 0 Å². The molecular weight excluding hydrogens is 222 g/mol. The number of rotatable bonds is 3. The first kappa shape index (κ1) is 12.8. The molecule has 2 aliphatic rings. The Morgan fingerprint density at radius 1 is 1.41 bits per heavy atom. The molecule has 2 N–H and O–H groups in total. The Kier molecular flexibility index (Phi) is 3.18. The number of nitrogens with zero attached hydrogens (tertiary/aromatic N) is 1. The molecule has 17 heavy (non-hydrogen) atoms. The number of likely N-dealkylation sites (tertiary alicyclic amines) is 1. The lowest BCUT2D eigenvalue weighted by Gasteiger charge is -2.38. The fourth-order valence-corrected chi connectivity index (χ4v) is 3.04. The number of carboxylic acid groups (broad SMARTS) is 1. The van der Waals surface area contributed by atoms with E-state index in [9.17, 15) is 15.0 Å². The van der Waals surface area contributed by atoms with Crippen LogP contribution in [0, 0.1) is 5.92 Å². The minimum Gasteiger partial charge on any atom is -0.480 e. The quantitative estimate of drug-likeness (QED) is 0.724. The molecule has 5 nitrogen and oxygen atoms in total. The highest BCUT2D eigenvalue weighted by molar-refractivity contribution is 5.74. The highest BCUT2D eigenvalue weighted by Gasteiger charge is 2.52. The highest BCUT2D eigenvalue weighted by Crippen LogP contribution is 2.43. The number of aliphatic hydroxyl groups excluding tert-OH is 1. The maximum absolute atomic E-state index is 11.3. The molecule has 1 unspecified atom stereocenters. The van der Waals surface area contributed by atoms with E-state index < -0.39 is 24.0 Å². The van der Waals surface area contributed by atoms with Gasteiger partial charge >= 0.3 is 5.97 Å². The van der Waals surface area contributed by atoms with Crippen LogP contribution in [0.15, 0.2) is 0 Å². The minimum absolute atomic E-state index is 0.151. The number of hydrogen-bond acceptors (Lipinski definition) is 4. The fraction of sp³-hybridized carbons (Fsp3) is 0.917. The van der Waals surface area contributed by atoms with Crippen LogP contribution in [0.5, 0.6) is 0 Å². The number of carbonyl (C=O) groups is 1. The zero-order valence-electron chi connectivity index (χ0n) is 10.6. The summed E-state index contributed by atoms with van der Waals surface area (Å²) in [6.45, 7) is 5.54. The van der Waals surface area contributed by atoms with Crippen molar-refractivity contribution in [3.63, 3.8) is 0 Å². The predicted octanol–water partition coefficient (Wildman–Crippen LogP) is 1.01. The second-order valence-electron chi connectivity index (χ2n) is 6.01. The zero-order chi connectivity index (χ0) is 12.8. The van der Waals surface area contributed by atoms with Gasteiger partial charge in [0.05, 0.1) is 5.60 Å². The molecule has 1 aliphatic heterocycles. The van der Waals surface area contributed by atoms with Crippen molar-refractivity contribution in [3.8, 4) is 0 Å². The number of piperidine rings is 1. The lowest BCUT2D eigenvalue weighted by molar-refractivity contribution is -0.255. The van der Waals surface area contributed by atoms with E-state index in [1.165, 1.54) is 0 Å². The summed E-state index contributed by atoms with van der Waals surface area (Å²) in [5, 5.41) is 19.3. The second kappa shape index (κ2) is 4.23. The first-order valence-electron chi connectivity index (χ1n) is 6.16. The van der Waals surface area contributed by atoms with E-state index in [-0.39, 0.29) is 12.0 Å². The Labute approximate surface area is 101 Å². The Morgan fingerprint density at radius 2 is 2.06 bits per heavy atom. The number of ether oxygens (including phenoxy) is 1. The molecule has 2 bridgehead atoms. The van der Waals surface area contributed by atoms with Gasteiger partial charge in [-0.15, -0.1) is 0 Å². The van der Waals surface area contributed by atoms with Gasteiger partial charge in [0, 0.05) is 6.04 Å². The minimum atomic E-state index is -1.12. The molecule has 0 aromatic carbocycles. The van der Waals surface area contributed by atoms with Crippen LogP contribution in [0.4, 0.5) is 0 Å². The van der Waals surface area contributed by atoms with Gasteiger partial charge in [-0.1, -0.05) is 0 Å². The average Bonchev–Trinajstić information content (AvgIpc) is 2.72. The van der Waals surface area contributed by atoms with Crippen LogP contribution in [0.3, 0.4) is 0 Å². The molecule has 2 fully saturated rings. The Hall–Kier alpha value is -0.650. The molecule has 4 atom stereocenters. The lowest BCUT2D eigenvalue weighted by Crippen LogP contribution is -2.53. The summed E-state index contributed by atoms with van der Waals surface area (Å²) in [7, 11) is 0. The van der Waals surface area contributed by atoms with Crippen LogP contribution in [-0.4, -0.2) is 45.2 Å². The molecular formula is C12H21NO4. The van der Waals surface area contributed by atoms with Crippen LogP contribution in [0.25, 0.3) is 0 Å². The van der Waals surface area contributed by atoms with E-state index in [0.29, 0.717) is 0 Å². The summed E-state index contributed by atoms with van der Waals surface area (Å²) in [5.74, 6) is -0.690. The smallest absolute Gasteiger partial charge is 0.321 e. The van der Waals surface area contributed by atoms with Crippen molar-refractivity contribution in [1.82, 2.24) is 4.90 Å². The van der Waals surface area contributed by atoms with Crippen LogP contribution < -0.4 is 0 Å². The van der Waals surface area contributed by atoms with Crippen molar-refractivity contribution >= 4 is 5.97 Å². The predicted molar refractivity (Wildman–Crippen MR) is 61.2 cm³/mol. The molecule has 98 valence electrons. The third kappa shape index (κ3) is 2.46. The van der Waals surface area contributed by atoms with Gasteiger partial charge in [-0.05, 0) is 46.0 Å². The van der Waals surface area contributed by atoms with Gasteiger partial charge < -0.3 is 14.9 Å². The topological polar surface area (TPSA) is 70.0 Å².